The molecule has 4 nitrogen and oxygen atoms in total. The van der Waals surface area contributed by atoms with Crippen molar-refractivity contribution in [3.8, 4) is 0 Å². The van der Waals surface area contributed by atoms with Gasteiger partial charge in [-0.25, -0.2) is 4.39 Å². The summed E-state index contributed by atoms with van der Waals surface area (Å²) in [6.07, 6.45) is 1.53. The van der Waals surface area contributed by atoms with Gasteiger partial charge in [0.05, 0.1) is 6.04 Å². The Morgan fingerprint density at radius 2 is 1.70 bits per heavy atom. The fourth-order valence-corrected chi connectivity index (χ4v) is 3.49. The highest BCUT2D eigenvalue weighted by atomic mass is 19.1. The molecule has 1 aliphatic rings. The summed E-state index contributed by atoms with van der Waals surface area (Å²) in [5, 5.41) is 2.91. The van der Waals surface area contributed by atoms with Gasteiger partial charge in [-0.1, -0.05) is 42.5 Å². The molecule has 2 aromatic carbocycles. The molecule has 3 rings (SSSR count). The van der Waals surface area contributed by atoms with Crippen LogP contribution in [0.2, 0.25) is 0 Å². The standard InChI is InChI=1S/C22H25FN2O2/c1-16(22(27)24-15-17-7-9-20(23)10-8-17)25-13-11-19(12-14-25)21(26)18-5-3-2-4-6-18/h2-10,16,19H,11-15H2,1H3,(H,24,27). The fourth-order valence-electron chi connectivity index (χ4n) is 3.49. The summed E-state index contributed by atoms with van der Waals surface area (Å²) in [5.74, 6) is -0.111. The van der Waals surface area contributed by atoms with Gasteiger partial charge in [0, 0.05) is 18.0 Å². The lowest BCUT2D eigenvalue weighted by Gasteiger charge is -2.34. The molecule has 1 saturated heterocycles. The van der Waals surface area contributed by atoms with Crippen LogP contribution in [0.3, 0.4) is 0 Å². The normalized spacial score (nSPS) is 16.7. The number of hydrogen-bond donors (Lipinski definition) is 1. The number of piperidine rings is 1. The van der Waals surface area contributed by atoms with E-state index < -0.39 is 0 Å². The third kappa shape index (κ3) is 5.01. The van der Waals surface area contributed by atoms with Crippen LogP contribution in [0.4, 0.5) is 4.39 Å². The first-order valence-electron chi connectivity index (χ1n) is 9.40. The average Bonchev–Trinajstić information content (AvgIpc) is 2.73. The van der Waals surface area contributed by atoms with Gasteiger partial charge in [-0.15, -0.1) is 0 Å². The molecule has 1 heterocycles. The number of rotatable bonds is 6. The predicted molar refractivity (Wildman–Crippen MR) is 103 cm³/mol. The van der Waals surface area contributed by atoms with E-state index in [0.717, 1.165) is 37.1 Å². The first kappa shape index (κ1) is 19.2. The second-order valence-corrected chi connectivity index (χ2v) is 7.06. The van der Waals surface area contributed by atoms with Crippen molar-refractivity contribution in [1.82, 2.24) is 10.2 Å². The Morgan fingerprint density at radius 1 is 1.07 bits per heavy atom. The Balaban J connectivity index is 1.47. The molecule has 1 unspecified atom stereocenters. The van der Waals surface area contributed by atoms with Crippen molar-refractivity contribution in [2.75, 3.05) is 13.1 Å². The number of likely N-dealkylation sites (tertiary alicyclic amines) is 1. The first-order chi connectivity index (χ1) is 13.0. The maximum absolute atomic E-state index is 12.9. The van der Waals surface area contributed by atoms with Gasteiger partial charge in [0.15, 0.2) is 5.78 Å². The Kier molecular flexibility index (Phi) is 6.35. The van der Waals surface area contributed by atoms with E-state index in [4.69, 9.17) is 0 Å². The zero-order valence-electron chi connectivity index (χ0n) is 15.5. The van der Waals surface area contributed by atoms with Crippen molar-refractivity contribution >= 4 is 11.7 Å². The number of benzene rings is 2. The molecule has 1 fully saturated rings. The summed E-state index contributed by atoms with van der Waals surface area (Å²) in [4.78, 5) is 27.1. The summed E-state index contributed by atoms with van der Waals surface area (Å²) in [6, 6.07) is 15.3. The second-order valence-electron chi connectivity index (χ2n) is 7.06. The van der Waals surface area contributed by atoms with Crippen LogP contribution in [0.15, 0.2) is 54.6 Å². The maximum Gasteiger partial charge on any atom is 0.237 e. The molecule has 0 radical (unpaired) electrons. The molecule has 27 heavy (non-hydrogen) atoms. The van der Waals surface area contributed by atoms with Crippen LogP contribution in [0, 0.1) is 11.7 Å². The van der Waals surface area contributed by atoms with Crippen LogP contribution >= 0.6 is 0 Å². The number of hydrogen-bond acceptors (Lipinski definition) is 3. The Morgan fingerprint density at radius 3 is 2.33 bits per heavy atom. The molecule has 1 amide bonds. The van der Waals surface area contributed by atoms with Crippen LogP contribution in [0.25, 0.3) is 0 Å². The van der Waals surface area contributed by atoms with Crippen molar-refractivity contribution in [1.29, 1.82) is 0 Å². The largest absolute Gasteiger partial charge is 0.351 e. The van der Waals surface area contributed by atoms with Crippen LogP contribution in [0.5, 0.6) is 0 Å². The minimum absolute atomic E-state index is 0.0260. The van der Waals surface area contributed by atoms with Crippen LogP contribution < -0.4 is 5.32 Å². The van der Waals surface area contributed by atoms with Crippen LogP contribution in [-0.2, 0) is 11.3 Å². The highest BCUT2D eigenvalue weighted by Crippen LogP contribution is 2.23. The van der Waals surface area contributed by atoms with Gasteiger partial charge in [-0.3, -0.25) is 14.5 Å². The number of carbonyl (C=O) groups is 2. The van der Waals surface area contributed by atoms with Gasteiger partial charge in [-0.05, 0) is 50.6 Å². The van der Waals surface area contributed by atoms with Gasteiger partial charge in [-0.2, -0.15) is 0 Å². The molecule has 1 aliphatic heterocycles. The van der Waals surface area contributed by atoms with E-state index in [9.17, 15) is 14.0 Å². The van der Waals surface area contributed by atoms with Crippen LogP contribution in [-0.4, -0.2) is 35.7 Å². The highest BCUT2D eigenvalue weighted by molar-refractivity contribution is 5.97. The summed E-state index contributed by atoms with van der Waals surface area (Å²) in [7, 11) is 0. The lowest BCUT2D eigenvalue weighted by atomic mass is 9.88. The van der Waals surface area contributed by atoms with Gasteiger partial charge in [0.25, 0.3) is 0 Å². The summed E-state index contributed by atoms with van der Waals surface area (Å²) in [5.41, 5.74) is 1.63. The van der Waals surface area contributed by atoms with Crippen molar-refractivity contribution in [3.05, 3.63) is 71.5 Å². The molecule has 142 valence electrons. The van der Waals surface area contributed by atoms with Gasteiger partial charge < -0.3 is 5.32 Å². The zero-order chi connectivity index (χ0) is 19.2. The first-order valence-corrected chi connectivity index (χ1v) is 9.40. The van der Waals surface area contributed by atoms with E-state index in [2.05, 4.69) is 10.2 Å². The van der Waals surface area contributed by atoms with Crippen LogP contribution in [0.1, 0.15) is 35.7 Å². The third-order valence-electron chi connectivity index (χ3n) is 5.27. The van der Waals surface area contributed by atoms with Gasteiger partial charge >= 0.3 is 0 Å². The number of nitrogens with one attached hydrogen (secondary N) is 1. The maximum atomic E-state index is 12.9. The number of Topliss-reactive ketones (excluding diaryl/α,β-unsaturated/α-hetero) is 1. The Labute approximate surface area is 159 Å². The summed E-state index contributed by atoms with van der Waals surface area (Å²) in [6.45, 7) is 3.73. The van der Waals surface area contributed by atoms with E-state index in [0.29, 0.717) is 6.54 Å². The smallest absolute Gasteiger partial charge is 0.237 e. The van der Waals surface area contributed by atoms with E-state index in [1.165, 1.54) is 12.1 Å². The number of amides is 1. The van der Waals surface area contributed by atoms with E-state index in [1.54, 1.807) is 12.1 Å². The van der Waals surface area contributed by atoms with E-state index >= 15 is 0 Å². The SMILES string of the molecule is CC(C(=O)NCc1ccc(F)cc1)N1CCC(C(=O)c2ccccc2)CC1. The van der Waals surface area contributed by atoms with Crippen molar-refractivity contribution in [3.63, 3.8) is 0 Å². The quantitative estimate of drug-likeness (QED) is 0.795. The molecule has 0 spiro atoms. The Hall–Kier alpha value is -2.53. The average molecular weight is 368 g/mol. The van der Waals surface area contributed by atoms with Gasteiger partial charge in [0.2, 0.25) is 5.91 Å². The molecule has 2 aromatic rings. The summed E-state index contributed by atoms with van der Waals surface area (Å²) < 4.78 is 12.9. The molecule has 0 aromatic heterocycles. The molecule has 0 aliphatic carbocycles. The molecular formula is C22H25FN2O2. The second kappa shape index (κ2) is 8.91. The van der Waals surface area contributed by atoms with Gasteiger partial charge in [0.1, 0.15) is 5.82 Å². The number of ketones is 1. The minimum atomic E-state index is -0.286. The number of carbonyl (C=O) groups excluding carboxylic acids is 2. The van der Waals surface area contributed by atoms with Crippen molar-refractivity contribution < 1.29 is 14.0 Å². The third-order valence-corrected chi connectivity index (χ3v) is 5.27. The van der Waals surface area contributed by atoms with Crippen molar-refractivity contribution in [2.45, 2.75) is 32.4 Å². The molecule has 0 saturated carbocycles. The topological polar surface area (TPSA) is 49.4 Å². The van der Waals surface area contributed by atoms with E-state index in [1.807, 2.05) is 37.3 Å². The molecule has 1 N–H and O–H groups in total. The van der Waals surface area contributed by atoms with E-state index in [-0.39, 0.29) is 29.5 Å². The van der Waals surface area contributed by atoms with Crippen molar-refractivity contribution in [2.24, 2.45) is 5.92 Å². The number of halogens is 1. The monoisotopic (exact) mass is 368 g/mol. The fraction of sp³-hybridized carbons (Fsp3) is 0.364. The number of nitrogens with zero attached hydrogens (tertiary/aromatic N) is 1. The Bertz CT molecular complexity index is 769. The lowest BCUT2D eigenvalue weighted by molar-refractivity contribution is -0.126. The molecule has 5 heteroatoms. The predicted octanol–water partition coefficient (Wildman–Crippen LogP) is 3.43. The minimum Gasteiger partial charge on any atom is -0.351 e. The molecule has 1 atom stereocenters. The summed E-state index contributed by atoms with van der Waals surface area (Å²) >= 11 is 0. The highest BCUT2D eigenvalue weighted by Gasteiger charge is 2.30. The lowest BCUT2D eigenvalue weighted by Crippen LogP contribution is -2.48. The molecular weight excluding hydrogens is 343 g/mol. The molecule has 0 bridgehead atoms. The zero-order valence-corrected chi connectivity index (χ0v) is 15.5.